The summed E-state index contributed by atoms with van der Waals surface area (Å²) >= 11 is 0. The standard InChI is InChI=1S/C21H28N2O3S/c1-15(2)27(24,25)22-21-14-23(3)13-20(21)18-7-5-16(6-8-18)17-9-11-19(26-4)12-10-17/h5-12,15,20-22H,13-14H2,1-4H3/t20-,21+/m1/s1. The smallest absolute Gasteiger partial charge is 0.214 e. The number of ether oxygens (including phenoxy) is 1. The SMILES string of the molecule is COc1ccc(-c2ccc([C@H]3CN(C)C[C@@H]3NS(=O)(=O)C(C)C)cc2)cc1. The van der Waals surface area contributed by atoms with E-state index in [2.05, 4.69) is 33.9 Å². The van der Waals surface area contributed by atoms with Gasteiger partial charge >= 0.3 is 0 Å². The van der Waals surface area contributed by atoms with Gasteiger partial charge in [-0.15, -0.1) is 0 Å². The maximum Gasteiger partial charge on any atom is 0.214 e. The zero-order chi connectivity index (χ0) is 19.6. The molecule has 1 saturated heterocycles. The molecule has 0 aliphatic carbocycles. The Morgan fingerprint density at radius 1 is 1.00 bits per heavy atom. The molecule has 146 valence electrons. The largest absolute Gasteiger partial charge is 0.497 e. The number of benzene rings is 2. The van der Waals surface area contributed by atoms with Crippen molar-refractivity contribution in [2.24, 2.45) is 0 Å². The van der Waals surface area contributed by atoms with Gasteiger partial charge in [0.05, 0.1) is 12.4 Å². The van der Waals surface area contributed by atoms with E-state index in [0.29, 0.717) is 0 Å². The van der Waals surface area contributed by atoms with Gasteiger partial charge in [0, 0.05) is 25.0 Å². The van der Waals surface area contributed by atoms with Crippen molar-refractivity contribution in [1.82, 2.24) is 9.62 Å². The molecule has 0 amide bonds. The molecule has 5 nitrogen and oxygen atoms in total. The Labute approximate surface area is 162 Å². The number of likely N-dealkylation sites (N-methyl/N-ethyl adjacent to an activating group) is 1. The minimum atomic E-state index is -3.29. The van der Waals surface area contributed by atoms with E-state index < -0.39 is 15.3 Å². The summed E-state index contributed by atoms with van der Waals surface area (Å²) in [6.45, 7) is 4.98. The van der Waals surface area contributed by atoms with Crippen LogP contribution in [0.2, 0.25) is 0 Å². The van der Waals surface area contributed by atoms with E-state index >= 15 is 0 Å². The van der Waals surface area contributed by atoms with E-state index in [9.17, 15) is 8.42 Å². The number of methoxy groups -OCH3 is 1. The predicted octanol–water partition coefficient (Wildman–Crippen LogP) is 3.09. The Hall–Kier alpha value is -1.89. The molecule has 2 aromatic rings. The Bertz CT molecular complexity index is 861. The molecule has 2 atom stereocenters. The van der Waals surface area contributed by atoms with E-state index in [1.165, 1.54) is 0 Å². The van der Waals surface area contributed by atoms with Crippen LogP contribution in [0.25, 0.3) is 11.1 Å². The first-order chi connectivity index (χ1) is 12.8. The van der Waals surface area contributed by atoms with Crippen LogP contribution in [0.15, 0.2) is 48.5 Å². The maximum absolute atomic E-state index is 12.3. The fourth-order valence-electron chi connectivity index (χ4n) is 3.51. The Kier molecular flexibility index (Phi) is 5.89. The summed E-state index contributed by atoms with van der Waals surface area (Å²) in [5.74, 6) is 0.984. The van der Waals surface area contributed by atoms with E-state index in [0.717, 1.165) is 35.5 Å². The normalized spacial score (nSPS) is 20.9. The van der Waals surface area contributed by atoms with Crippen LogP contribution in [0.3, 0.4) is 0 Å². The Morgan fingerprint density at radius 3 is 2.07 bits per heavy atom. The van der Waals surface area contributed by atoms with Crippen LogP contribution in [-0.2, 0) is 10.0 Å². The van der Waals surface area contributed by atoms with Crippen molar-refractivity contribution in [3.05, 3.63) is 54.1 Å². The molecule has 2 aromatic carbocycles. The molecule has 3 rings (SSSR count). The zero-order valence-corrected chi connectivity index (χ0v) is 17.2. The fraction of sp³-hybridized carbons (Fsp3) is 0.429. The molecule has 0 unspecified atom stereocenters. The molecule has 1 fully saturated rings. The van der Waals surface area contributed by atoms with Crippen molar-refractivity contribution in [3.63, 3.8) is 0 Å². The number of rotatable bonds is 6. The topological polar surface area (TPSA) is 58.6 Å². The average molecular weight is 389 g/mol. The third-order valence-corrected chi connectivity index (χ3v) is 7.07. The van der Waals surface area contributed by atoms with Gasteiger partial charge in [0.25, 0.3) is 0 Å². The van der Waals surface area contributed by atoms with Gasteiger partial charge in [0.15, 0.2) is 0 Å². The minimum Gasteiger partial charge on any atom is -0.497 e. The molecule has 0 bridgehead atoms. The molecule has 1 aliphatic rings. The molecule has 0 saturated carbocycles. The summed E-state index contributed by atoms with van der Waals surface area (Å²) in [6.07, 6.45) is 0. The van der Waals surface area contributed by atoms with Gasteiger partial charge in [-0.3, -0.25) is 0 Å². The van der Waals surface area contributed by atoms with Crippen molar-refractivity contribution < 1.29 is 13.2 Å². The van der Waals surface area contributed by atoms with Crippen LogP contribution in [0.5, 0.6) is 5.75 Å². The zero-order valence-electron chi connectivity index (χ0n) is 16.3. The summed E-state index contributed by atoms with van der Waals surface area (Å²) in [4.78, 5) is 2.18. The second kappa shape index (κ2) is 8.00. The fourth-order valence-corrected chi connectivity index (χ4v) is 4.44. The van der Waals surface area contributed by atoms with Crippen molar-refractivity contribution in [3.8, 4) is 16.9 Å². The lowest BCUT2D eigenvalue weighted by molar-refractivity contribution is 0.404. The van der Waals surface area contributed by atoms with Gasteiger partial charge in [-0.2, -0.15) is 0 Å². The highest BCUT2D eigenvalue weighted by atomic mass is 32.2. The Balaban J connectivity index is 1.80. The second-order valence-corrected chi connectivity index (χ2v) is 9.76. The van der Waals surface area contributed by atoms with Crippen molar-refractivity contribution in [2.45, 2.75) is 31.1 Å². The number of sulfonamides is 1. The molecule has 27 heavy (non-hydrogen) atoms. The van der Waals surface area contributed by atoms with E-state index in [1.807, 2.05) is 31.3 Å². The third kappa shape index (κ3) is 4.51. The molecule has 1 aliphatic heterocycles. The monoisotopic (exact) mass is 388 g/mol. The molecule has 0 aromatic heterocycles. The van der Waals surface area contributed by atoms with Crippen LogP contribution in [0.4, 0.5) is 0 Å². The summed E-state index contributed by atoms with van der Waals surface area (Å²) in [6, 6.07) is 16.3. The molecule has 6 heteroatoms. The van der Waals surface area contributed by atoms with Gasteiger partial charge in [-0.25, -0.2) is 13.1 Å². The molecule has 0 radical (unpaired) electrons. The molecule has 0 spiro atoms. The summed E-state index contributed by atoms with van der Waals surface area (Å²) < 4.78 is 32.8. The summed E-state index contributed by atoms with van der Waals surface area (Å²) in [7, 11) is 0.397. The highest BCUT2D eigenvalue weighted by Gasteiger charge is 2.35. The van der Waals surface area contributed by atoms with Crippen LogP contribution in [-0.4, -0.2) is 51.9 Å². The predicted molar refractivity (Wildman–Crippen MR) is 110 cm³/mol. The summed E-state index contributed by atoms with van der Waals surface area (Å²) in [5, 5.41) is -0.429. The third-order valence-electron chi connectivity index (χ3n) is 5.20. The van der Waals surface area contributed by atoms with Gasteiger partial charge < -0.3 is 9.64 Å². The number of hydrogen-bond acceptors (Lipinski definition) is 4. The van der Waals surface area contributed by atoms with E-state index in [4.69, 9.17) is 4.74 Å². The summed E-state index contributed by atoms with van der Waals surface area (Å²) in [5.41, 5.74) is 3.42. The number of nitrogens with zero attached hydrogens (tertiary/aromatic N) is 1. The second-order valence-electron chi connectivity index (χ2n) is 7.50. The lowest BCUT2D eigenvalue weighted by Crippen LogP contribution is -2.42. The molecular weight excluding hydrogens is 360 g/mol. The first-order valence-corrected chi connectivity index (χ1v) is 10.8. The minimum absolute atomic E-state index is 0.103. The maximum atomic E-state index is 12.3. The molecule has 1 heterocycles. The number of hydrogen-bond donors (Lipinski definition) is 1. The van der Waals surface area contributed by atoms with Crippen LogP contribution >= 0.6 is 0 Å². The van der Waals surface area contributed by atoms with Gasteiger partial charge in [0.1, 0.15) is 5.75 Å². The molecule has 1 N–H and O–H groups in total. The molecular formula is C21H28N2O3S. The quantitative estimate of drug-likeness (QED) is 0.826. The number of likely N-dealkylation sites (tertiary alicyclic amines) is 1. The van der Waals surface area contributed by atoms with Crippen LogP contribution in [0.1, 0.15) is 25.3 Å². The van der Waals surface area contributed by atoms with Crippen LogP contribution in [0, 0.1) is 0 Å². The number of nitrogens with one attached hydrogen (secondary N) is 1. The lowest BCUT2D eigenvalue weighted by Gasteiger charge is -2.22. The van der Waals surface area contributed by atoms with E-state index in [-0.39, 0.29) is 12.0 Å². The van der Waals surface area contributed by atoms with Gasteiger partial charge in [0.2, 0.25) is 10.0 Å². The first-order valence-electron chi connectivity index (χ1n) is 9.24. The van der Waals surface area contributed by atoms with Crippen molar-refractivity contribution in [1.29, 1.82) is 0 Å². The van der Waals surface area contributed by atoms with Crippen LogP contribution < -0.4 is 9.46 Å². The van der Waals surface area contributed by atoms with Crippen molar-refractivity contribution in [2.75, 3.05) is 27.2 Å². The highest BCUT2D eigenvalue weighted by Crippen LogP contribution is 2.30. The van der Waals surface area contributed by atoms with E-state index in [1.54, 1.807) is 21.0 Å². The van der Waals surface area contributed by atoms with Gasteiger partial charge in [-0.1, -0.05) is 36.4 Å². The van der Waals surface area contributed by atoms with Gasteiger partial charge in [-0.05, 0) is 49.7 Å². The van der Waals surface area contributed by atoms with Crippen molar-refractivity contribution >= 4 is 10.0 Å². The average Bonchev–Trinajstić information content (AvgIpc) is 3.01. The first kappa shape index (κ1) is 19.9. The lowest BCUT2D eigenvalue weighted by atomic mass is 9.93. The highest BCUT2D eigenvalue weighted by molar-refractivity contribution is 7.90. The Morgan fingerprint density at radius 2 is 1.56 bits per heavy atom.